The van der Waals surface area contributed by atoms with E-state index in [0.29, 0.717) is 0 Å². The highest BCUT2D eigenvalue weighted by Gasteiger charge is 2.06. The Morgan fingerprint density at radius 1 is 1.11 bits per heavy atom. The van der Waals surface area contributed by atoms with Crippen molar-refractivity contribution in [1.29, 1.82) is 0 Å². The normalized spacial score (nSPS) is 11.6. The molecule has 0 aliphatic carbocycles. The van der Waals surface area contributed by atoms with E-state index in [1.165, 1.54) is 22.8 Å². The van der Waals surface area contributed by atoms with Gasteiger partial charge in [0.2, 0.25) is 0 Å². The van der Waals surface area contributed by atoms with Gasteiger partial charge in [-0.3, -0.25) is 0 Å². The van der Waals surface area contributed by atoms with Crippen LogP contribution in [0.2, 0.25) is 0 Å². The first-order chi connectivity index (χ1) is 8.97. The Labute approximate surface area is 131 Å². The fraction of sp³-hybridized carbons (Fsp3) is 0.625. The SMILES string of the molecule is CC(C)(C)NCCCCCCOc1cccc(I)c1. The highest BCUT2D eigenvalue weighted by atomic mass is 127. The monoisotopic (exact) mass is 375 g/mol. The number of nitrogens with one attached hydrogen (secondary N) is 1. The summed E-state index contributed by atoms with van der Waals surface area (Å²) >= 11 is 2.31. The van der Waals surface area contributed by atoms with Crippen LogP contribution < -0.4 is 10.1 Å². The van der Waals surface area contributed by atoms with Crippen molar-refractivity contribution in [3.05, 3.63) is 27.8 Å². The smallest absolute Gasteiger partial charge is 0.120 e. The van der Waals surface area contributed by atoms with Gasteiger partial charge in [0.15, 0.2) is 0 Å². The van der Waals surface area contributed by atoms with Gasteiger partial charge < -0.3 is 10.1 Å². The Kier molecular flexibility index (Phi) is 7.76. The number of hydrogen-bond acceptors (Lipinski definition) is 2. The van der Waals surface area contributed by atoms with Crippen molar-refractivity contribution in [3.63, 3.8) is 0 Å². The molecule has 0 atom stereocenters. The molecule has 0 amide bonds. The van der Waals surface area contributed by atoms with Crippen LogP contribution in [-0.4, -0.2) is 18.7 Å². The largest absolute Gasteiger partial charge is 0.494 e. The molecule has 19 heavy (non-hydrogen) atoms. The molecule has 0 aliphatic rings. The zero-order valence-corrected chi connectivity index (χ0v) is 14.5. The molecule has 0 fully saturated rings. The predicted octanol–water partition coefficient (Wildman–Crippen LogP) is 4.62. The summed E-state index contributed by atoms with van der Waals surface area (Å²) < 4.78 is 6.95. The van der Waals surface area contributed by atoms with E-state index in [1.807, 2.05) is 12.1 Å². The third-order valence-electron chi connectivity index (χ3n) is 2.79. The van der Waals surface area contributed by atoms with Gasteiger partial charge in [-0.2, -0.15) is 0 Å². The average Bonchev–Trinajstić information content (AvgIpc) is 2.31. The highest BCUT2D eigenvalue weighted by Crippen LogP contribution is 2.15. The number of rotatable bonds is 8. The van der Waals surface area contributed by atoms with E-state index in [1.54, 1.807) is 0 Å². The third kappa shape index (κ3) is 9.27. The predicted molar refractivity (Wildman–Crippen MR) is 90.9 cm³/mol. The van der Waals surface area contributed by atoms with Crippen LogP contribution in [0.3, 0.4) is 0 Å². The average molecular weight is 375 g/mol. The van der Waals surface area contributed by atoms with E-state index in [0.717, 1.165) is 25.3 Å². The summed E-state index contributed by atoms with van der Waals surface area (Å²) in [7, 11) is 0. The van der Waals surface area contributed by atoms with E-state index in [2.05, 4.69) is 60.8 Å². The van der Waals surface area contributed by atoms with Gasteiger partial charge in [0, 0.05) is 9.11 Å². The van der Waals surface area contributed by atoms with Crippen molar-refractivity contribution in [2.75, 3.05) is 13.2 Å². The molecule has 1 N–H and O–H groups in total. The molecular formula is C16H26INO. The summed E-state index contributed by atoms with van der Waals surface area (Å²) in [4.78, 5) is 0. The van der Waals surface area contributed by atoms with Crippen LogP contribution in [0.25, 0.3) is 0 Å². The van der Waals surface area contributed by atoms with Gasteiger partial charge >= 0.3 is 0 Å². The lowest BCUT2D eigenvalue weighted by Gasteiger charge is -2.20. The maximum absolute atomic E-state index is 5.73. The van der Waals surface area contributed by atoms with Crippen molar-refractivity contribution in [2.24, 2.45) is 0 Å². The molecule has 108 valence electrons. The van der Waals surface area contributed by atoms with Crippen LogP contribution in [0.1, 0.15) is 46.5 Å². The number of halogens is 1. The van der Waals surface area contributed by atoms with Gasteiger partial charge in [-0.05, 0) is 80.9 Å². The number of benzene rings is 1. The van der Waals surface area contributed by atoms with Crippen molar-refractivity contribution in [2.45, 2.75) is 52.0 Å². The first kappa shape index (κ1) is 16.8. The Morgan fingerprint density at radius 2 is 1.84 bits per heavy atom. The molecule has 0 saturated heterocycles. The van der Waals surface area contributed by atoms with Crippen LogP contribution in [0, 0.1) is 3.57 Å². The Bertz CT molecular complexity index is 360. The minimum absolute atomic E-state index is 0.244. The number of unbranched alkanes of at least 4 members (excludes halogenated alkanes) is 3. The van der Waals surface area contributed by atoms with Crippen molar-refractivity contribution >= 4 is 22.6 Å². The standard InChI is InChI=1S/C16H26INO/c1-16(2,3)18-11-6-4-5-7-12-19-15-10-8-9-14(17)13-15/h8-10,13,18H,4-7,11-12H2,1-3H3. The van der Waals surface area contributed by atoms with Crippen LogP contribution in [0.4, 0.5) is 0 Å². The maximum Gasteiger partial charge on any atom is 0.120 e. The lowest BCUT2D eigenvalue weighted by molar-refractivity contribution is 0.303. The molecule has 0 aliphatic heterocycles. The molecule has 1 rings (SSSR count). The second kappa shape index (κ2) is 8.80. The first-order valence-corrected chi connectivity index (χ1v) is 8.19. The second-order valence-electron chi connectivity index (χ2n) is 5.90. The van der Waals surface area contributed by atoms with Gasteiger partial charge in [-0.1, -0.05) is 18.9 Å². The summed E-state index contributed by atoms with van der Waals surface area (Å²) in [6.07, 6.45) is 4.91. The molecule has 0 saturated carbocycles. The Morgan fingerprint density at radius 3 is 2.53 bits per heavy atom. The minimum Gasteiger partial charge on any atom is -0.494 e. The molecule has 0 radical (unpaired) electrons. The zero-order valence-electron chi connectivity index (χ0n) is 12.3. The number of ether oxygens (including phenoxy) is 1. The van der Waals surface area contributed by atoms with Crippen LogP contribution in [0.15, 0.2) is 24.3 Å². The Balaban J connectivity index is 1.97. The van der Waals surface area contributed by atoms with Gasteiger partial charge in [0.1, 0.15) is 5.75 Å². The molecule has 0 spiro atoms. The van der Waals surface area contributed by atoms with E-state index >= 15 is 0 Å². The van der Waals surface area contributed by atoms with E-state index < -0.39 is 0 Å². The molecule has 0 aromatic heterocycles. The van der Waals surface area contributed by atoms with Gasteiger partial charge in [-0.15, -0.1) is 0 Å². The summed E-state index contributed by atoms with van der Waals surface area (Å²) in [6, 6.07) is 8.22. The molecule has 3 heteroatoms. The molecule has 1 aromatic carbocycles. The van der Waals surface area contributed by atoms with Crippen molar-refractivity contribution in [1.82, 2.24) is 5.32 Å². The van der Waals surface area contributed by atoms with Crippen LogP contribution in [-0.2, 0) is 0 Å². The van der Waals surface area contributed by atoms with Gasteiger partial charge in [0.05, 0.1) is 6.61 Å². The topological polar surface area (TPSA) is 21.3 Å². The molecule has 1 aromatic rings. The van der Waals surface area contributed by atoms with E-state index in [9.17, 15) is 0 Å². The minimum atomic E-state index is 0.244. The quantitative estimate of drug-likeness (QED) is 0.529. The maximum atomic E-state index is 5.73. The highest BCUT2D eigenvalue weighted by molar-refractivity contribution is 14.1. The molecule has 0 bridgehead atoms. The zero-order chi connectivity index (χ0) is 14.1. The second-order valence-corrected chi connectivity index (χ2v) is 7.14. The molecule has 2 nitrogen and oxygen atoms in total. The molecule has 0 heterocycles. The summed E-state index contributed by atoms with van der Waals surface area (Å²) in [5.41, 5.74) is 0.244. The fourth-order valence-corrected chi connectivity index (χ4v) is 2.31. The van der Waals surface area contributed by atoms with Crippen molar-refractivity contribution < 1.29 is 4.74 Å². The third-order valence-corrected chi connectivity index (χ3v) is 3.46. The molecule has 0 unspecified atom stereocenters. The Hall–Kier alpha value is -0.290. The summed E-state index contributed by atoms with van der Waals surface area (Å²) in [5.74, 6) is 0.987. The summed E-state index contributed by atoms with van der Waals surface area (Å²) in [6.45, 7) is 8.57. The van der Waals surface area contributed by atoms with Gasteiger partial charge in [0.25, 0.3) is 0 Å². The first-order valence-electron chi connectivity index (χ1n) is 7.11. The fourth-order valence-electron chi connectivity index (χ4n) is 1.79. The van der Waals surface area contributed by atoms with Crippen LogP contribution in [0.5, 0.6) is 5.75 Å². The summed E-state index contributed by atoms with van der Waals surface area (Å²) in [5, 5.41) is 3.51. The van der Waals surface area contributed by atoms with Gasteiger partial charge in [-0.25, -0.2) is 0 Å². The lowest BCUT2D eigenvalue weighted by atomic mass is 10.1. The van der Waals surface area contributed by atoms with Crippen molar-refractivity contribution in [3.8, 4) is 5.75 Å². The number of hydrogen-bond donors (Lipinski definition) is 1. The van der Waals surface area contributed by atoms with E-state index in [-0.39, 0.29) is 5.54 Å². The van der Waals surface area contributed by atoms with Crippen LogP contribution >= 0.6 is 22.6 Å². The molecular weight excluding hydrogens is 349 g/mol. The lowest BCUT2D eigenvalue weighted by Crippen LogP contribution is -2.36. The van der Waals surface area contributed by atoms with E-state index in [4.69, 9.17) is 4.74 Å².